The lowest BCUT2D eigenvalue weighted by atomic mass is 10.1. The van der Waals surface area contributed by atoms with Crippen molar-refractivity contribution in [2.45, 2.75) is 0 Å². The van der Waals surface area contributed by atoms with Gasteiger partial charge in [0.15, 0.2) is 0 Å². The molecule has 21 heavy (non-hydrogen) atoms. The van der Waals surface area contributed by atoms with Crippen LogP contribution in [0.25, 0.3) is 16.9 Å². The van der Waals surface area contributed by atoms with Crippen LogP contribution in [0.4, 0.5) is 0 Å². The SMILES string of the molecule is COc1cccc(-c2cncn2-c2cccc(OC)c2)c1. The van der Waals surface area contributed by atoms with Crippen LogP contribution in [0.1, 0.15) is 0 Å². The Kier molecular flexibility index (Phi) is 3.60. The second-order valence-corrected chi connectivity index (χ2v) is 4.58. The maximum Gasteiger partial charge on any atom is 0.120 e. The molecule has 3 rings (SSSR count). The van der Waals surface area contributed by atoms with Crippen molar-refractivity contribution in [2.24, 2.45) is 0 Å². The molecule has 0 radical (unpaired) electrons. The van der Waals surface area contributed by atoms with Crippen LogP contribution in [-0.2, 0) is 0 Å². The molecule has 0 N–H and O–H groups in total. The summed E-state index contributed by atoms with van der Waals surface area (Å²) in [5.41, 5.74) is 3.06. The van der Waals surface area contributed by atoms with Crippen LogP contribution in [0.2, 0.25) is 0 Å². The molecule has 2 aromatic carbocycles. The van der Waals surface area contributed by atoms with Crippen molar-refractivity contribution in [3.05, 3.63) is 61.1 Å². The van der Waals surface area contributed by atoms with Crippen LogP contribution >= 0.6 is 0 Å². The molecule has 1 heterocycles. The molecule has 0 aliphatic carbocycles. The van der Waals surface area contributed by atoms with Crippen molar-refractivity contribution in [1.29, 1.82) is 0 Å². The van der Waals surface area contributed by atoms with Crippen molar-refractivity contribution in [3.63, 3.8) is 0 Å². The van der Waals surface area contributed by atoms with E-state index in [0.29, 0.717) is 0 Å². The van der Waals surface area contributed by atoms with Gasteiger partial charge in [0.05, 0.1) is 38.1 Å². The molecule has 0 spiro atoms. The van der Waals surface area contributed by atoms with E-state index in [2.05, 4.69) is 4.98 Å². The highest BCUT2D eigenvalue weighted by Crippen LogP contribution is 2.27. The Labute approximate surface area is 123 Å². The summed E-state index contributed by atoms with van der Waals surface area (Å²) in [6.45, 7) is 0. The fourth-order valence-corrected chi connectivity index (χ4v) is 2.26. The Morgan fingerprint density at radius 1 is 0.905 bits per heavy atom. The van der Waals surface area contributed by atoms with Crippen LogP contribution in [0.3, 0.4) is 0 Å². The summed E-state index contributed by atoms with van der Waals surface area (Å²) >= 11 is 0. The third kappa shape index (κ3) is 2.60. The van der Waals surface area contributed by atoms with E-state index in [1.807, 2.05) is 59.3 Å². The molecule has 0 saturated carbocycles. The Morgan fingerprint density at radius 3 is 2.38 bits per heavy atom. The first kappa shape index (κ1) is 13.2. The van der Waals surface area contributed by atoms with Gasteiger partial charge in [-0.05, 0) is 24.3 Å². The minimum Gasteiger partial charge on any atom is -0.497 e. The maximum atomic E-state index is 5.29. The second-order valence-electron chi connectivity index (χ2n) is 4.58. The van der Waals surface area contributed by atoms with Gasteiger partial charge in [0.1, 0.15) is 11.5 Å². The third-order valence-electron chi connectivity index (χ3n) is 3.34. The van der Waals surface area contributed by atoms with Crippen LogP contribution in [0, 0.1) is 0 Å². The molecule has 0 aliphatic rings. The zero-order valence-corrected chi connectivity index (χ0v) is 12.0. The molecule has 0 saturated heterocycles. The lowest BCUT2D eigenvalue weighted by molar-refractivity contribution is 0.414. The Morgan fingerprint density at radius 2 is 1.62 bits per heavy atom. The van der Waals surface area contributed by atoms with Crippen molar-refractivity contribution in [2.75, 3.05) is 14.2 Å². The van der Waals surface area contributed by atoms with Gasteiger partial charge in [0.25, 0.3) is 0 Å². The third-order valence-corrected chi connectivity index (χ3v) is 3.34. The van der Waals surface area contributed by atoms with E-state index >= 15 is 0 Å². The predicted molar refractivity (Wildman–Crippen MR) is 82.1 cm³/mol. The molecule has 0 amide bonds. The number of ether oxygens (including phenoxy) is 2. The number of hydrogen-bond acceptors (Lipinski definition) is 3. The summed E-state index contributed by atoms with van der Waals surface area (Å²) in [7, 11) is 3.33. The van der Waals surface area contributed by atoms with Crippen LogP contribution < -0.4 is 9.47 Å². The summed E-state index contributed by atoms with van der Waals surface area (Å²) in [5, 5.41) is 0. The molecule has 0 fully saturated rings. The van der Waals surface area contributed by atoms with Crippen LogP contribution in [0.15, 0.2) is 61.1 Å². The fourth-order valence-electron chi connectivity index (χ4n) is 2.26. The number of aromatic nitrogens is 2. The maximum absolute atomic E-state index is 5.29. The highest BCUT2D eigenvalue weighted by atomic mass is 16.5. The van der Waals surface area contributed by atoms with Crippen LogP contribution in [0.5, 0.6) is 11.5 Å². The fraction of sp³-hybridized carbons (Fsp3) is 0.118. The molecular formula is C17H16N2O2. The molecular weight excluding hydrogens is 264 g/mol. The topological polar surface area (TPSA) is 36.3 Å². The van der Waals surface area contributed by atoms with E-state index in [1.54, 1.807) is 20.5 Å². The minimum absolute atomic E-state index is 0.817. The quantitative estimate of drug-likeness (QED) is 0.733. The van der Waals surface area contributed by atoms with E-state index in [1.165, 1.54) is 0 Å². The molecule has 0 atom stereocenters. The molecule has 0 aliphatic heterocycles. The summed E-state index contributed by atoms with van der Waals surface area (Å²) in [6.07, 6.45) is 3.64. The normalized spacial score (nSPS) is 10.4. The molecule has 106 valence electrons. The lowest BCUT2D eigenvalue weighted by Gasteiger charge is -2.10. The van der Waals surface area contributed by atoms with Crippen molar-refractivity contribution in [1.82, 2.24) is 9.55 Å². The van der Waals surface area contributed by atoms with Gasteiger partial charge in [-0.2, -0.15) is 0 Å². The van der Waals surface area contributed by atoms with E-state index < -0.39 is 0 Å². The van der Waals surface area contributed by atoms with Gasteiger partial charge in [-0.1, -0.05) is 18.2 Å². The highest BCUT2D eigenvalue weighted by Gasteiger charge is 2.08. The van der Waals surface area contributed by atoms with E-state index in [9.17, 15) is 0 Å². The monoisotopic (exact) mass is 280 g/mol. The van der Waals surface area contributed by atoms with Gasteiger partial charge in [0, 0.05) is 11.6 Å². The second kappa shape index (κ2) is 5.71. The van der Waals surface area contributed by atoms with Gasteiger partial charge >= 0.3 is 0 Å². The molecule has 1 aromatic heterocycles. The van der Waals surface area contributed by atoms with Gasteiger partial charge < -0.3 is 9.47 Å². The summed E-state index contributed by atoms with van der Waals surface area (Å²) in [5.74, 6) is 1.64. The molecule has 0 bridgehead atoms. The largest absolute Gasteiger partial charge is 0.497 e. The van der Waals surface area contributed by atoms with E-state index in [0.717, 1.165) is 28.4 Å². The highest BCUT2D eigenvalue weighted by molar-refractivity contribution is 5.63. The van der Waals surface area contributed by atoms with E-state index in [-0.39, 0.29) is 0 Å². The first-order chi connectivity index (χ1) is 10.3. The zero-order chi connectivity index (χ0) is 14.7. The number of methoxy groups -OCH3 is 2. The number of rotatable bonds is 4. The Balaban J connectivity index is 2.07. The number of benzene rings is 2. The zero-order valence-electron chi connectivity index (χ0n) is 12.0. The van der Waals surface area contributed by atoms with Gasteiger partial charge in [0.2, 0.25) is 0 Å². The van der Waals surface area contributed by atoms with Crippen molar-refractivity contribution in [3.8, 4) is 28.4 Å². The smallest absolute Gasteiger partial charge is 0.120 e. The van der Waals surface area contributed by atoms with Crippen molar-refractivity contribution >= 4 is 0 Å². The summed E-state index contributed by atoms with van der Waals surface area (Å²) < 4.78 is 12.6. The first-order valence-corrected chi connectivity index (χ1v) is 6.63. The minimum atomic E-state index is 0.817. The number of nitrogens with zero attached hydrogens (tertiary/aromatic N) is 2. The average molecular weight is 280 g/mol. The average Bonchev–Trinajstić information content (AvgIpc) is 3.04. The number of imidazole rings is 1. The molecule has 0 unspecified atom stereocenters. The standard InChI is InChI=1S/C17H16N2O2/c1-20-15-7-3-5-13(9-15)17-11-18-12-19(17)14-6-4-8-16(10-14)21-2/h3-12H,1-2H3. The van der Waals surface area contributed by atoms with Gasteiger partial charge in [-0.25, -0.2) is 4.98 Å². The van der Waals surface area contributed by atoms with Gasteiger partial charge in [-0.15, -0.1) is 0 Å². The van der Waals surface area contributed by atoms with Crippen molar-refractivity contribution < 1.29 is 9.47 Å². The number of hydrogen-bond donors (Lipinski definition) is 0. The summed E-state index contributed by atoms with van der Waals surface area (Å²) in [4.78, 5) is 4.27. The Bertz CT molecular complexity index is 688. The Hall–Kier alpha value is -2.75. The predicted octanol–water partition coefficient (Wildman–Crippen LogP) is 3.56. The molecule has 4 nitrogen and oxygen atoms in total. The molecule has 3 aromatic rings. The summed E-state index contributed by atoms with van der Waals surface area (Å²) in [6, 6.07) is 15.8. The first-order valence-electron chi connectivity index (χ1n) is 6.63. The van der Waals surface area contributed by atoms with Gasteiger partial charge in [-0.3, -0.25) is 4.57 Å². The lowest BCUT2D eigenvalue weighted by Crippen LogP contribution is -1.96. The molecule has 4 heteroatoms. The van der Waals surface area contributed by atoms with Crippen LogP contribution in [-0.4, -0.2) is 23.8 Å². The van der Waals surface area contributed by atoms with E-state index in [4.69, 9.17) is 9.47 Å².